The molecule has 2 aromatic rings. The molecule has 4 N–H and O–H groups in total. The summed E-state index contributed by atoms with van der Waals surface area (Å²) in [4.78, 5) is 12.0. The molecule has 0 saturated heterocycles. The van der Waals surface area contributed by atoms with Crippen LogP contribution in [0.15, 0.2) is 6.20 Å². The van der Waals surface area contributed by atoms with Gasteiger partial charge in [-0.1, -0.05) is 0 Å². The van der Waals surface area contributed by atoms with Crippen molar-refractivity contribution in [1.82, 2.24) is 20.0 Å². The molecule has 0 aliphatic heterocycles. The van der Waals surface area contributed by atoms with Gasteiger partial charge in [0.05, 0.1) is 11.9 Å². The molecule has 0 unspecified atom stereocenters. The van der Waals surface area contributed by atoms with E-state index in [0.29, 0.717) is 17.2 Å². The Kier molecular flexibility index (Phi) is 2.58. The molecule has 2 rings (SSSR count). The molecule has 0 spiro atoms. The molecule has 0 bridgehead atoms. The van der Waals surface area contributed by atoms with E-state index < -0.39 is 0 Å². The molecule has 2 heterocycles. The van der Waals surface area contributed by atoms with Crippen molar-refractivity contribution in [3.05, 3.63) is 23.1 Å². The summed E-state index contributed by atoms with van der Waals surface area (Å²) in [6.45, 7) is 3.76. The smallest absolute Gasteiger partial charge is 0.277 e. The lowest BCUT2D eigenvalue weighted by molar-refractivity contribution is 0.101. The Morgan fingerprint density at radius 1 is 1.53 bits per heavy atom. The molecule has 7 nitrogen and oxygen atoms in total. The molecule has 0 atom stereocenters. The van der Waals surface area contributed by atoms with Crippen LogP contribution in [0.25, 0.3) is 0 Å². The number of amides is 1. The Hall–Kier alpha value is -2.31. The summed E-state index contributed by atoms with van der Waals surface area (Å²) >= 11 is 0. The van der Waals surface area contributed by atoms with E-state index in [-0.39, 0.29) is 5.91 Å². The van der Waals surface area contributed by atoms with E-state index in [1.807, 2.05) is 13.8 Å². The van der Waals surface area contributed by atoms with Gasteiger partial charge in [-0.05, 0) is 13.8 Å². The fourth-order valence-corrected chi connectivity index (χ4v) is 1.51. The number of aromatic nitrogens is 4. The number of rotatable bonds is 2. The minimum atomic E-state index is -0.322. The third-order valence-corrected chi connectivity index (χ3v) is 2.67. The SMILES string of the molecule is Cc1[nH]nc(NC(=O)c2c(N)cnn2C)c1C. The minimum absolute atomic E-state index is 0.322. The Morgan fingerprint density at radius 2 is 2.24 bits per heavy atom. The summed E-state index contributed by atoms with van der Waals surface area (Å²) in [6, 6.07) is 0. The van der Waals surface area contributed by atoms with Gasteiger partial charge in [-0.2, -0.15) is 10.2 Å². The molecule has 2 aromatic heterocycles. The zero-order valence-corrected chi connectivity index (χ0v) is 9.90. The van der Waals surface area contributed by atoms with Crippen LogP contribution in [-0.2, 0) is 7.05 Å². The maximum Gasteiger partial charge on any atom is 0.277 e. The van der Waals surface area contributed by atoms with Crippen LogP contribution in [0, 0.1) is 13.8 Å². The van der Waals surface area contributed by atoms with Crippen LogP contribution in [0.5, 0.6) is 0 Å². The number of carbonyl (C=O) groups is 1. The van der Waals surface area contributed by atoms with Gasteiger partial charge in [0.25, 0.3) is 5.91 Å². The fourth-order valence-electron chi connectivity index (χ4n) is 1.51. The largest absolute Gasteiger partial charge is 0.396 e. The highest BCUT2D eigenvalue weighted by atomic mass is 16.2. The van der Waals surface area contributed by atoms with Gasteiger partial charge in [-0.25, -0.2) is 0 Å². The van der Waals surface area contributed by atoms with E-state index in [4.69, 9.17) is 5.73 Å². The standard InChI is InChI=1S/C10H14N6O/c1-5-6(2)14-15-9(5)13-10(17)8-7(11)4-12-16(8)3/h4H,11H2,1-3H3,(H2,13,14,15,17). The molecule has 0 aromatic carbocycles. The number of aromatic amines is 1. The number of carbonyl (C=O) groups excluding carboxylic acids is 1. The number of hydrogen-bond donors (Lipinski definition) is 3. The summed E-state index contributed by atoms with van der Waals surface area (Å²) in [5.41, 5.74) is 8.15. The highest BCUT2D eigenvalue weighted by Crippen LogP contribution is 2.16. The van der Waals surface area contributed by atoms with Crippen LogP contribution < -0.4 is 11.1 Å². The summed E-state index contributed by atoms with van der Waals surface area (Å²) in [7, 11) is 1.66. The van der Waals surface area contributed by atoms with Gasteiger partial charge < -0.3 is 11.1 Å². The van der Waals surface area contributed by atoms with Crippen molar-refractivity contribution in [3.8, 4) is 0 Å². The van der Waals surface area contributed by atoms with Crippen LogP contribution in [0.4, 0.5) is 11.5 Å². The highest BCUT2D eigenvalue weighted by Gasteiger charge is 2.17. The molecule has 90 valence electrons. The number of anilines is 2. The van der Waals surface area contributed by atoms with Crippen molar-refractivity contribution < 1.29 is 4.79 Å². The number of aryl methyl sites for hydroxylation is 2. The molecule has 0 saturated carbocycles. The van der Waals surface area contributed by atoms with Gasteiger partial charge in [-0.3, -0.25) is 14.6 Å². The number of nitrogens with one attached hydrogen (secondary N) is 2. The van der Waals surface area contributed by atoms with Crippen molar-refractivity contribution in [2.45, 2.75) is 13.8 Å². The second kappa shape index (κ2) is 3.93. The van der Waals surface area contributed by atoms with Gasteiger partial charge in [0.1, 0.15) is 5.69 Å². The Balaban J connectivity index is 2.26. The minimum Gasteiger partial charge on any atom is -0.396 e. The second-order valence-electron chi connectivity index (χ2n) is 3.85. The summed E-state index contributed by atoms with van der Waals surface area (Å²) in [5, 5.41) is 13.4. The van der Waals surface area contributed by atoms with E-state index in [0.717, 1.165) is 11.3 Å². The van der Waals surface area contributed by atoms with E-state index in [1.54, 1.807) is 7.05 Å². The van der Waals surface area contributed by atoms with Gasteiger partial charge in [0.15, 0.2) is 5.82 Å². The van der Waals surface area contributed by atoms with Crippen molar-refractivity contribution >= 4 is 17.4 Å². The lowest BCUT2D eigenvalue weighted by Gasteiger charge is -2.04. The molecule has 0 radical (unpaired) electrons. The lowest BCUT2D eigenvalue weighted by Crippen LogP contribution is -2.18. The van der Waals surface area contributed by atoms with E-state index in [2.05, 4.69) is 20.6 Å². The normalized spacial score (nSPS) is 10.5. The molecule has 0 aliphatic carbocycles. The number of nitrogen functional groups attached to an aromatic ring is 1. The van der Waals surface area contributed by atoms with E-state index >= 15 is 0 Å². The lowest BCUT2D eigenvalue weighted by atomic mass is 10.2. The third-order valence-electron chi connectivity index (χ3n) is 2.67. The Bertz CT molecular complexity index is 548. The molecule has 0 aliphatic rings. The monoisotopic (exact) mass is 234 g/mol. The van der Waals surface area contributed by atoms with Gasteiger partial charge in [0.2, 0.25) is 0 Å². The quantitative estimate of drug-likeness (QED) is 0.707. The first kappa shape index (κ1) is 11.2. The van der Waals surface area contributed by atoms with E-state index in [1.165, 1.54) is 10.9 Å². The fraction of sp³-hybridized carbons (Fsp3) is 0.300. The topological polar surface area (TPSA) is 102 Å². The Morgan fingerprint density at radius 3 is 2.71 bits per heavy atom. The number of H-pyrrole nitrogens is 1. The molecule has 7 heteroatoms. The van der Waals surface area contributed by atoms with Crippen LogP contribution in [0.3, 0.4) is 0 Å². The number of hydrogen-bond acceptors (Lipinski definition) is 4. The first-order chi connectivity index (χ1) is 8.00. The van der Waals surface area contributed by atoms with Crippen LogP contribution in [0.2, 0.25) is 0 Å². The predicted octanol–water partition coefficient (Wildman–Crippen LogP) is 0.595. The summed E-state index contributed by atoms with van der Waals surface area (Å²) < 4.78 is 1.43. The summed E-state index contributed by atoms with van der Waals surface area (Å²) in [6.07, 6.45) is 1.44. The zero-order chi connectivity index (χ0) is 12.6. The molecule has 17 heavy (non-hydrogen) atoms. The van der Waals surface area contributed by atoms with Crippen molar-refractivity contribution in [2.75, 3.05) is 11.1 Å². The first-order valence-electron chi connectivity index (χ1n) is 5.11. The van der Waals surface area contributed by atoms with Crippen molar-refractivity contribution in [3.63, 3.8) is 0 Å². The molecule has 0 fully saturated rings. The highest BCUT2D eigenvalue weighted by molar-refractivity contribution is 6.06. The third kappa shape index (κ3) is 1.86. The number of nitrogens with zero attached hydrogens (tertiary/aromatic N) is 3. The molecular formula is C10H14N6O. The first-order valence-corrected chi connectivity index (χ1v) is 5.11. The number of nitrogens with two attached hydrogens (primary N) is 1. The van der Waals surface area contributed by atoms with Crippen LogP contribution >= 0.6 is 0 Å². The maximum atomic E-state index is 12.0. The van der Waals surface area contributed by atoms with Gasteiger partial charge in [-0.15, -0.1) is 0 Å². The maximum absolute atomic E-state index is 12.0. The van der Waals surface area contributed by atoms with Crippen LogP contribution in [-0.4, -0.2) is 25.9 Å². The predicted molar refractivity (Wildman–Crippen MR) is 63.6 cm³/mol. The average Bonchev–Trinajstić information content (AvgIpc) is 2.76. The molecule has 1 amide bonds. The Labute approximate surface area is 98.0 Å². The summed E-state index contributed by atoms with van der Waals surface area (Å²) in [5.74, 6) is 0.185. The van der Waals surface area contributed by atoms with Crippen molar-refractivity contribution in [2.24, 2.45) is 7.05 Å². The molecular weight excluding hydrogens is 220 g/mol. The zero-order valence-electron chi connectivity index (χ0n) is 9.90. The van der Waals surface area contributed by atoms with Crippen LogP contribution in [0.1, 0.15) is 21.7 Å². The van der Waals surface area contributed by atoms with Crippen molar-refractivity contribution in [1.29, 1.82) is 0 Å². The average molecular weight is 234 g/mol. The second-order valence-corrected chi connectivity index (χ2v) is 3.85. The van der Waals surface area contributed by atoms with E-state index in [9.17, 15) is 4.79 Å². The van der Waals surface area contributed by atoms with Gasteiger partial charge >= 0.3 is 0 Å². The van der Waals surface area contributed by atoms with Gasteiger partial charge in [0, 0.05) is 18.3 Å².